The number of ether oxygens (including phenoxy) is 1. The van der Waals surface area contributed by atoms with Crippen molar-refractivity contribution in [3.05, 3.63) is 29.8 Å². The van der Waals surface area contributed by atoms with Crippen molar-refractivity contribution in [3.63, 3.8) is 0 Å². The summed E-state index contributed by atoms with van der Waals surface area (Å²) in [4.78, 5) is 0. The Labute approximate surface area is 93.5 Å². The topological polar surface area (TPSA) is 33.0 Å². The quantitative estimate of drug-likeness (QED) is 0.771. The third-order valence-electron chi connectivity index (χ3n) is 2.02. The van der Waals surface area contributed by atoms with Gasteiger partial charge in [-0.05, 0) is 24.6 Å². The molecule has 0 unspecified atom stereocenters. The fourth-order valence-electron chi connectivity index (χ4n) is 1.14. The summed E-state index contributed by atoms with van der Waals surface area (Å²) in [6, 6.07) is 8.89. The summed E-state index contributed by atoms with van der Waals surface area (Å²) in [7, 11) is 0. The molecule has 0 amide bonds. The molecule has 0 heterocycles. The molecule has 0 saturated heterocycles. The van der Waals surface area contributed by atoms with Crippen molar-refractivity contribution in [2.75, 3.05) is 6.61 Å². The van der Waals surface area contributed by atoms with Gasteiger partial charge in [-0.15, -0.1) is 0 Å². The Kier molecular flexibility index (Phi) is 4.24. The van der Waals surface area contributed by atoms with E-state index in [0.717, 1.165) is 12.5 Å². The highest BCUT2D eigenvalue weighted by Gasteiger charge is 2.20. The molecule has 2 nitrogen and oxygen atoms in total. The van der Waals surface area contributed by atoms with Gasteiger partial charge in [0.25, 0.3) is 0 Å². The van der Waals surface area contributed by atoms with Crippen LogP contribution in [0, 0.1) is 11.3 Å². The van der Waals surface area contributed by atoms with Gasteiger partial charge < -0.3 is 4.74 Å². The van der Waals surface area contributed by atoms with Crippen molar-refractivity contribution in [3.8, 4) is 11.8 Å². The molecule has 0 aliphatic heterocycles. The van der Waals surface area contributed by atoms with Gasteiger partial charge in [0.1, 0.15) is 5.75 Å². The molecular weight excluding hydrogens is 212 g/mol. The fourth-order valence-corrected chi connectivity index (χ4v) is 1.14. The van der Waals surface area contributed by atoms with Crippen molar-refractivity contribution < 1.29 is 13.5 Å². The van der Waals surface area contributed by atoms with Crippen LogP contribution in [0.1, 0.15) is 18.9 Å². The van der Waals surface area contributed by atoms with Gasteiger partial charge in [-0.3, -0.25) is 0 Å². The highest BCUT2D eigenvalue weighted by molar-refractivity contribution is 5.28. The molecule has 0 saturated carbocycles. The van der Waals surface area contributed by atoms with Gasteiger partial charge in [0.15, 0.2) is 0 Å². The number of benzene rings is 1. The lowest BCUT2D eigenvalue weighted by atomic mass is 10.2. The molecule has 0 aliphatic carbocycles. The van der Waals surface area contributed by atoms with Gasteiger partial charge >= 0.3 is 0 Å². The van der Waals surface area contributed by atoms with E-state index >= 15 is 0 Å². The Morgan fingerprint density at radius 2 is 1.94 bits per heavy atom. The van der Waals surface area contributed by atoms with Crippen molar-refractivity contribution >= 4 is 0 Å². The summed E-state index contributed by atoms with van der Waals surface area (Å²) >= 11 is 0. The highest BCUT2D eigenvalue weighted by Crippen LogP contribution is 2.18. The van der Waals surface area contributed by atoms with E-state index < -0.39 is 5.92 Å². The van der Waals surface area contributed by atoms with Crippen molar-refractivity contribution in [2.24, 2.45) is 0 Å². The van der Waals surface area contributed by atoms with E-state index in [9.17, 15) is 8.78 Å². The first kappa shape index (κ1) is 12.4. The third kappa shape index (κ3) is 4.74. The monoisotopic (exact) mass is 225 g/mol. The molecule has 0 radical (unpaired) electrons. The van der Waals surface area contributed by atoms with Gasteiger partial charge in [-0.25, -0.2) is 8.78 Å². The molecule has 0 aliphatic rings. The molecular formula is C12H13F2NO. The van der Waals surface area contributed by atoms with E-state index in [1.54, 1.807) is 24.3 Å². The maximum absolute atomic E-state index is 12.5. The molecule has 4 heteroatoms. The third-order valence-corrected chi connectivity index (χ3v) is 2.02. The largest absolute Gasteiger partial charge is 0.493 e. The van der Waals surface area contributed by atoms with Crippen LogP contribution in [-0.4, -0.2) is 12.5 Å². The molecule has 0 N–H and O–H groups in total. The molecule has 0 spiro atoms. The second-order valence-electron chi connectivity index (χ2n) is 3.65. The molecule has 1 aromatic rings. The first-order chi connectivity index (χ1) is 7.51. The Balaban J connectivity index is 2.41. The number of rotatable bonds is 5. The fraction of sp³-hybridized carbons (Fsp3) is 0.417. The number of halogens is 2. The SMILES string of the molecule is CC(F)(F)CCOc1ccc(CC#N)cc1. The zero-order valence-electron chi connectivity index (χ0n) is 9.04. The lowest BCUT2D eigenvalue weighted by molar-refractivity contribution is 0.000863. The van der Waals surface area contributed by atoms with E-state index in [1.165, 1.54) is 0 Å². The standard InChI is InChI=1S/C12H13F2NO/c1-12(13,14)7-9-16-11-4-2-10(3-5-11)6-8-15/h2-5H,6-7,9H2,1H3. The lowest BCUT2D eigenvalue weighted by Crippen LogP contribution is -2.14. The van der Waals surface area contributed by atoms with Crippen molar-refractivity contribution in [1.82, 2.24) is 0 Å². The van der Waals surface area contributed by atoms with Crippen LogP contribution in [0.25, 0.3) is 0 Å². The summed E-state index contributed by atoms with van der Waals surface area (Å²) in [5.41, 5.74) is 0.885. The second kappa shape index (κ2) is 5.45. The van der Waals surface area contributed by atoms with Crippen molar-refractivity contribution in [1.29, 1.82) is 5.26 Å². The molecule has 16 heavy (non-hydrogen) atoms. The van der Waals surface area contributed by atoms with Crippen LogP contribution in [-0.2, 0) is 6.42 Å². The van der Waals surface area contributed by atoms with Gasteiger partial charge in [0, 0.05) is 6.42 Å². The zero-order valence-corrected chi connectivity index (χ0v) is 9.04. The normalized spacial score (nSPS) is 10.9. The Morgan fingerprint density at radius 1 is 1.31 bits per heavy atom. The van der Waals surface area contributed by atoms with E-state index in [4.69, 9.17) is 10.00 Å². The summed E-state index contributed by atoms with van der Waals surface area (Å²) in [6.07, 6.45) is 0.0419. The summed E-state index contributed by atoms with van der Waals surface area (Å²) in [5.74, 6) is -2.15. The van der Waals surface area contributed by atoms with Crippen LogP contribution in [0.4, 0.5) is 8.78 Å². The van der Waals surface area contributed by atoms with E-state index in [0.29, 0.717) is 12.2 Å². The summed E-state index contributed by atoms with van der Waals surface area (Å²) in [6.45, 7) is 0.855. The molecule has 86 valence electrons. The first-order valence-corrected chi connectivity index (χ1v) is 4.98. The van der Waals surface area contributed by atoms with Crippen LogP contribution in [0.5, 0.6) is 5.75 Å². The van der Waals surface area contributed by atoms with Crippen LogP contribution in [0.3, 0.4) is 0 Å². The molecule has 1 aromatic carbocycles. The van der Waals surface area contributed by atoms with E-state index in [-0.39, 0.29) is 13.0 Å². The van der Waals surface area contributed by atoms with Gasteiger partial charge in [0.2, 0.25) is 5.92 Å². The van der Waals surface area contributed by atoms with Gasteiger partial charge in [-0.2, -0.15) is 5.26 Å². The summed E-state index contributed by atoms with van der Waals surface area (Å²) in [5, 5.41) is 8.46. The average Bonchev–Trinajstić information content (AvgIpc) is 2.19. The minimum Gasteiger partial charge on any atom is -0.493 e. The number of nitrogens with zero attached hydrogens (tertiary/aromatic N) is 1. The molecule has 0 bridgehead atoms. The number of alkyl halides is 2. The molecule has 0 aromatic heterocycles. The molecule has 1 rings (SSSR count). The predicted octanol–water partition coefficient (Wildman–Crippen LogP) is 3.18. The minimum absolute atomic E-state index is 0.0128. The van der Waals surface area contributed by atoms with Crippen LogP contribution in [0.2, 0.25) is 0 Å². The van der Waals surface area contributed by atoms with Gasteiger partial charge in [0.05, 0.1) is 19.1 Å². The van der Waals surface area contributed by atoms with E-state index in [2.05, 4.69) is 0 Å². The van der Waals surface area contributed by atoms with Crippen LogP contribution >= 0.6 is 0 Å². The molecule has 0 atom stereocenters. The van der Waals surface area contributed by atoms with Crippen LogP contribution in [0.15, 0.2) is 24.3 Å². The number of hydrogen-bond acceptors (Lipinski definition) is 2. The number of hydrogen-bond donors (Lipinski definition) is 0. The maximum atomic E-state index is 12.5. The number of nitriles is 1. The zero-order chi connectivity index (χ0) is 12.0. The average molecular weight is 225 g/mol. The Morgan fingerprint density at radius 3 is 2.44 bits per heavy atom. The van der Waals surface area contributed by atoms with Crippen LogP contribution < -0.4 is 4.74 Å². The lowest BCUT2D eigenvalue weighted by Gasteiger charge is -2.11. The van der Waals surface area contributed by atoms with Gasteiger partial charge in [-0.1, -0.05) is 12.1 Å². The predicted molar refractivity (Wildman–Crippen MR) is 56.5 cm³/mol. The summed E-state index contributed by atoms with van der Waals surface area (Å²) < 4.78 is 30.1. The molecule has 0 fully saturated rings. The highest BCUT2D eigenvalue weighted by atomic mass is 19.3. The van der Waals surface area contributed by atoms with Crippen molar-refractivity contribution in [2.45, 2.75) is 25.7 Å². The second-order valence-corrected chi connectivity index (χ2v) is 3.65. The first-order valence-electron chi connectivity index (χ1n) is 4.98. The minimum atomic E-state index is -2.69. The smallest absolute Gasteiger partial charge is 0.248 e. The Bertz CT molecular complexity index is 362. The maximum Gasteiger partial charge on any atom is 0.248 e. The van der Waals surface area contributed by atoms with E-state index in [1.807, 2.05) is 6.07 Å². The Hall–Kier alpha value is -1.63.